The Morgan fingerprint density at radius 3 is 2.48 bits per heavy atom. The average Bonchev–Trinajstić information content (AvgIpc) is 3.72. The van der Waals surface area contributed by atoms with Gasteiger partial charge in [-0.15, -0.1) is 0 Å². The van der Waals surface area contributed by atoms with E-state index in [9.17, 15) is 27.1 Å². The number of carbonyl (C=O) groups is 2. The maximum Gasteiger partial charge on any atom is 0.339 e. The Bertz CT molecular complexity index is 1670. The van der Waals surface area contributed by atoms with Gasteiger partial charge >= 0.3 is 5.97 Å². The van der Waals surface area contributed by atoms with Gasteiger partial charge in [0.05, 0.1) is 34.9 Å². The molecule has 1 aliphatic carbocycles. The molecule has 1 amide bonds. The largest absolute Gasteiger partial charge is 0.465 e. The molecule has 0 bridgehead atoms. The number of hydrogen-bond donors (Lipinski definition) is 2. The van der Waals surface area contributed by atoms with Gasteiger partial charge < -0.3 is 14.5 Å². The summed E-state index contributed by atoms with van der Waals surface area (Å²) in [6.45, 7) is -0.130. The highest BCUT2D eigenvalue weighted by molar-refractivity contribution is 9.10. The van der Waals surface area contributed by atoms with E-state index in [0.717, 1.165) is 35.9 Å². The fraction of sp³-hybridized carbons (Fsp3) is 0.214. The lowest BCUT2D eigenvalue weighted by atomic mass is 9.97. The van der Waals surface area contributed by atoms with Crippen molar-refractivity contribution in [3.05, 3.63) is 86.9 Å². The second-order valence-electron chi connectivity index (χ2n) is 9.26. The Kier molecular flexibility index (Phi) is 7.76. The number of benzene rings is 3. The van der Waals surface area contributed by atoms with Crippen LogP contribution in [0.1, 0.15) is 50.6 Å². The van der Waals surface area contributed by atoms with Crippen LogP contribution in [-0.2, 0) is 22.5 Å². The zero-order valence-electron chi connectivity index (χ0n) is 21.3. The van der Waals surface area contributed by atoms with Crippen molar-refractivity contribution in [2.75, 3.05) is 18.5 Å². The van der Waals surface area contributed by atoms with Crippen LogP contribution in [0.15, 0.2) is 57.4 Å². The Morgan fingerprint density at radius 1 is 1.18 bits per heavy atom. The van der Waals surface area contributed by atoms with Crippen LogP contribution < -0.4 is 9.62 Å². The fourth-order valence-electron chi connectivity index (χ4n) is 4.64. The molecule has 4 aromatic rings. The van der Waals surface area contributed by atoms with Crippen molar-refractivity contribution in [3.63, 3.8) is 0 Å². The number of methoxy groups -OCH3 is 1. The van der Waals surface area contributed by atoms with Crippen molar-refractivity contribution in [1.82, 2.24) is 5.32 Å². The number of ether oxygens (including phenoxy) is 1. The number of furan rings is 1. The first-order chi connectivity index (χ1) is 19.1. The minimum absolute atomic E-state index is 0.0127. The number of carbonyl (C=O) groups excluding carboxylic acids is 2. The molecule has 1 heterocycles. The molecule has 208 valence electrons. The summed E-state index contributed by atoms with van der Waals surface area (Å²) in [7, 11) is 2.65. The van der Waals surface area contributed by atoms with Crippen molar-refractivity contribution in [2.45, 2.75) is 25.3 Å². The first-order valence-electron chi connectivity index (χ1n) is 12.2. The van der Waals surface area contributed by atoms with E-state index in [1.165, 1.54) is 37.4 Å². The Balaban J connectivity index is 1.65. The Labute approximate surface area is 238 Å². The van der Waals surface area contributed by atoms with Crippen molar-refractivity contribution in [1.29, 1.82) is 0 Å². The Morgan fingerprint density at radius 2 is 1.88 bits per heavy atom. The van der Waals surface area contributed by atoms with E-state index in [2.05, 4.69) is 21.2 Å². The molecule has 1 atom stereocenters. The van der Waals surface area contributed by atoms with Gasteiger partial charge in [-0.05, 0) is 94.3 Å². The van der Waals surface area contributed by atoms with Crippen molar-refractivity contribution in [2.24, 2.45) is 0 Å². The SMILES string of the molecule is CNC(=O)c1c(-c2ccc(F)cc2)oc2cc(CN(c3cc(F)c(Br)c(C(=O)OC)c3)S(=O)O)c(C3CC3)cc12. The molecule has 3 aromatic carbocycles. The highest BCUT2D eigenvalue weighted by atomic mass is 79.9. The lowest BCUT2D eigenvalue weighted by molar-refractivity contribution is 0.0599. The summed E-state index contributed by atoms with van der Waals surface area (Å²) in [5, 5.41) is 3.17. The minimum atomic E-state index is -2.60. The Hall–Kier alpha value is -3.61. The van der Waals surface area contributed by atoms with Crippen LogP contribution >= 0.6 is 15.9 Å². The van der Waals surface area contributed by atoms with Crippen LogP contribution in [0.5, 0.6) is 0 Å². The van der Waals surface area contributed by atoms with Crippen molar-refractivity contribution >= 4 is 55.7 Å². The van der Waals surface area contributed by atoms with Crippen molar-refractivity contribution < 1.29 is 36.3 Å². The topological polar surface area (TPSA) is 109 Å². The maximum atomic E-state index is 14.7. The molecule has 1 saturated carbocycles. The first-order valence-corrected chi connectivity index (χ1v) is 14.0. The number of nitrogens with one attached hydrogen (secondary N) is 1. The van der Waals surface area contributed by atoms with Crippen LogP contribution in [0.4, 0.5) is 14.5 Å². The molecule has 1 unspecified atom stereocenters. The van der Waals surface area contributed by atoms with Gasteiger partial charge in [0.25, 0.3) is 17.2 Å². The van der Waals surface area contributed by atoms with Gasteiger partial charge in [-0.1, -0.05) is 0 Å². The summed E-state index contributed by atoms with van der Waals surface area (Å²) in [4.78, 5) is 25.1. The number of anilines is 1. The number of halogens is 3. The number of hydrogen-bond acceptors (Lipinski definition) is 5. The molecule has 1 aliphatic rings. The highest BCUT2D eigenvalue weighted by Gasteiger charge is 2.31. The molecule has 0 radical (unpaired) electrons. The predicted molar refractivity (Wildman–Crippen MR) is 149 cm³/mol. The van der Waals surface area contributed by atoms with Gasteiger partial charge in [-0.25, -0.2) is 17.8 Å². The van der Waals surface area contributed by atoms with Gasteiger partial charge in [-0.2, -0.15) is 0 Å². The second-order valence-corrected chi connectivity index (χ2v) is 11.0. The molecular weight excluding hydrogens is 610 g/mol. The first kappa shape index (κ1) is 27.9. The van der Waals surface area contributed by atoms with E-state index in [4.69, 9.17) is 9.15 Å². The smallest absolute Gasteiger partial charge is 0.339 e. The lowest BCUT2D eigenvalue weighted by Crippen LogP contribution is -2.26. The van der Waals surface area contributed by atoms with E-state index in [0.29, 0.717) is 22.1 Å². The van der Waals surface area contributed by atoms with E-state index in [1.54, 1.807) is 6.07 Å². The molecule has 0 spiro atoms. The normalized spacial score (nSPS) is 13.8. The van der Waals surface area contributed by atoms with Gasteiger partial charge in [-0.3, -0.25) is 13.7 Å². The third kappa shape index (κ3) is 5.26. The molecule has 8 nitrogen and oxygen atoms in total. The number of rotatable bonds is 8. The summed E-state index contributed by atoms with van der Waals surface area (Å²) in [6.07, 6.45) is 1.77. The maximum absolute atomic E-state index is 14.7. The molecule has 5 rings (SSSR count). The van der Waals surface area contributed by atoms with E-state index in [1.807, 2.05) is 6.07 Å². The molecule has 1 aromatic heterocycles. The zero-order chi connectivity index (χ0) is 28.7. The number of amides is 1. The van der Waals surface area contributed by atoms with E-state index >= 15 is 0 Å². The van der Waals surface area contributed by atoms with Gasteiger partial charge in [0.1, 0.15) is 23.0 Å². The van der Waals surface area contributed by atoms with Crippen LogP contribution in [0.2, 0.25) is 0 Å². The molecule has 0 aliphatic heterocycles. The highest BCUT2D eigenvalue weighted by Crippen LogP contribution is 2.45. The van der Waals surface area contributed by atoms with Crippen LogP contribution in [0, 0.1) is 11.6 Å². The molecular formula is C28H23BrF2N2O6S. The van der Waals surface area contributed by atoms with Crippen LogP contribution in [0.25, 0.3) is 22.3 Å². The van der Waals surface area contributed by atoms with Gasteiger partial charge in [0.2, 0.25) is 0 Å². The van der Waals surface area contributed by atoms with E-state index in [-0.39, 0.29) is 45.4 Å². The zero-order valence-corrected chi connectivity index (χ0v) is 23.7. The monoisotopic (exact) mass is 632 g/mol. The molecule has 40 heavy (non-hydrogen) atoms. The number of fused-ring (bicyclic) bond motifs is 1. The fourth-order valence-corrected chi connectivity index (χ4v) is 5.56. The van der Waals surface area contributed by atoms with Gasteiger partial charge in [0.15, 0.2) is 0 Å². The third-order valence-electron chi connectivity index (χ3n) is 6.74. The second kappa shape index (κ2) is 11.1. The summed E-state index contributed by atoms with van der Waals surface area (Å²) in [5.74, 6) is -2.03. The number of nitrogens with zero attached hydrogens (tertiary/aromatic N) is 1. The molecule has 1 fully saturated rings. The lowest BCUT2D eigenvalue weighted by Gasteiger charge is -2.23. The standard InChI is InChI=1S/C28H23BrF2N2O6S/c1-32-27(34)24-20-12-19(14-3-4-14)16(9-23(20)39-26(24)15-5-7-17(30)8-6-15)13-33(40(36)37)18-10-21(28(35)38-2)25(29)22(31)11-18/h5-12,14H,3-4,13H2,1-2H3,(H,32,34)(H,36,37). The summed E-state index contributed by atoms with van der Waals surface area (Å²) in [6, 6.07) is 11.4. The van der Waals surface area contributed by atoms with Crippen LogP contribution in [-0.4, -0.2) is 34.8 Å². The minimum Gasteiger partial charge on any atom is -0.465 e. The number of esters is 1. The van der Waals surface area contributed by atoms with Crippen LogP contribution in [0.3, 0.4) is 0 Å². The van der Waals surface area contributed by atoms with Gasteiger partial charge in [0, 0.05) is 18.0 Å². The quantitative estimate of drug-likeness (QED) is 0.174. The van der Waals surface area contributed by atoms with Crippen molar-refractivity contribution in [3.8, 4) is 11.3 Å². The van der Waals surface area contributed by atoms with E-state index < -0.39 is 28.9 Å². The molecule has 0 saturated heterocycles. The molecule has 12 heteroatoms. The summed E-state index contributed by atoms with van der Waals surface area (Å²) >= 11 is 0.427. The molecule has 2 N–H and O–H groups in total. The summed E-state index contributed by atoms with van der Waals surface area (Å²) in [5.41, 5.74) is 2.46. The third-order valence-corrected chi connectivity index (χ3v) is 8.26. The summed E-state index contributed by atoms with van der Waals surface area (Å²) < 4.78 is 62.8. The average molecular weight is 633 g/mol. The predicted octanol–water partition coefficient (Wildman–Crippen LogP) is 6.31.